The van der Waals surface area contributed by atoms with Crippen LogP contribution in [0.5, 0.6) is 0 Å². The van der Waals surface area contributed by atoms with E-state index in [4.69, 9.17) is 0 Å². The third-order valence-electron chi connectivity index (χ3n) is 4.67. The van der Waals surface area contributed by atoms with Crippen LogP contribution in [0.25, 0.3) is 0 Å². The molecule has 0 bridgehead atoms. The monoisotopic (exact) mass is 349 g/mol. The summed E-state index contributed by atoms with van der Waals surface area (Å²) in [6.07, 6.45) is 1.91. The standard InChI is InChI=1S/C18H27N3O2S/c1-8-21-10-17(15(6)19-21)16(7)20-24(22,23)18-13(4)11(2)9-12(3)14(18)5/h9-10,16,20H,8H2,1-7H3. The lowest BCUT2D eigenvalue weighted by molar-refractivity contribution is 0.564. The molecule has 24 heavy (non-hydrogen) atoms. The molecule has 0 spiro atoms. The average Bonchev–Trinajstić information content (AvgIpc) is 2.86. The number of rotatable bonds is 5. The molecule has 6 heteroatoms. The van der Waals surface area contributed by atoms with Gasteiger partial charge in [-0.15, -0.1) is 0 Å². The van der Waals surface area contributed by atoms with Gasteiger partial charge in [-0.1, -0.05) is 6.07 Å². The summed E-state index contributed by atoms with van der Waals surface area (Å²) in [6.45, 7) is 14.1. The zero-order chi connectivity index (χ0) is 18.2. The molecule has 1 aromatic heterocycles. The van der Waals surface area contributed by atoms with Crippen molar-refractivity contribution in [2.45, 2.75) is 65.9 Å². The highest BCUT2D eigenvalue weighted by atomic mass is 32.2. The van der Waals surface area contributed by atoms with Crippen LogP contribution in [0, 0.1) is 34.6 Å². The third kappa shape index (κ3) is 3.39. The number of sulfonamides is 1. The van der Waals surface area contributed by atoms with E-state index in [9.17, 15) is 8.42 Å². The van der Waals surface area contributed by atoms with Crippen LogP contribution < -0.4 is 4.72 Å². The van der Waals surface area contributed by atoms with Crippen LogP contribution in [0.1, 0.15) is 53.4 Å². The smallest absolute Gasteiger partial charge is 0.241 e. The van der Waals surface area contributed by atoms with E-state index in [1.54, 1.807) is 0 Å². The first kappa shape index (κ1) is 18.7. The van der Waals surface area contributed by atoms with E-state index in [-0.39, 0.29) is 6.04 Å². The molecular formula is C18H27N3O2S. The maximum atomic E-state index is 13.0. The Morgan fingerprint density at radius 3 is 2.12 bits per heavy atom. The van der Waals surface area contributed by atoms with Gasteiger partial charge in [0.2, 0.25) is 10.0 Å². The van der Waals surface area contributed by atoms with Crippen LogP contribution in [0.15, 0.2) is 17.2 Å². The molecule has 0 amide bonds. The molecule has 2 rings (SSSR count). The third-order valence-corrected chi connectivity index (χ3v) is 6.49. The fourth-order valence-corrected chi connectivity index (χ4v) is 4.90. The summed E-state index contributed by atoms with van der Waals surface area (Å²) in [7, 11) is -3.62. The second kappa shape index (κ2) is 6.69. The molecule has 0 radical (unpaired) electrons. The Morgan fingerprint density at radius 2 is 1.67 bits per heavy atom. The largest absolute Gasteiger partial charge is 0.272 e. The van der Waals surface area contributed by atoms with Crippen molar-refractivity contribution in [1.29, 1.82) is 0 Å². The van der Waals surface area contributed by atoms with Gasteiger partial charge in [-0.25, -0.2) is 13.1 Å². The summed E-state index contributed by atoms with van der Waals surface area (Å²) in [5.74, 6) is 0. The highest BCUT2D eigenvalue weighted by Crippen LogP contribution is 2.28. The predicted molar refractivity (Wildman–Crippen MR) is 96.8 cm³/mol. The second-order valence-corrected chi connectivity index (χ2v) is 8.11. The van der Waals surface area contributed by atoms with Gasteiger partial charge in [-0.3, -0.25) is 4.68 Å². The zero-order valence-electron chi connectivity index (χ0n) is 15.6. The minimum atomic E-state index is -3.62. The van der Waals surface area contributed by atoms with Crippen molar-refractivity contribution < 1.29 is 8.42 Å². The summed E-state index contributed by atoms with van der Waals surface area (Å²) < 4.78 is 30.7. The van der Waals surface area contributed by atoms with E-state index in [0.29, 0.717) is 4.90 Å². The number of nitrogens with zero attached hydrogens (tertiary/aromatic N) is 2. The highest BCUT2D eigenvalue weighted by molar-refractivity contribution is 7.89. The number of nitrogens with one attached hydrogen (secondary N) is 1. The van der Waals surface area contributed by atoms with Crippen molar-refractivity contribution in [2.75, 3.05) is 0 Å². The van der Waals surface area contributed by atoms with E-state index >= 15 is 0 Å². The molecule has 0 aliphatic rings. The lowest BCUT2D eigenvalue weighted by Crippen LogP contribution is -2.28. The van der Waals surface area contributed by atoms with E-state index in [2.05, 4.69) is 9.82 Å². The number of hydrogen-bond acceptors (Lipinski definition) is 3. The van der Waals surface area contributed by atoms with Gasteiger partial charge >= 0.3 is 0 Å². The van der Waals surface area contributed by atoms with Crippen molar-refractivity contribution in [2.24, 2.45) is 0 Å². The first-order valence-corrected chi connectivity index (χ1v) is 9.70. The van der Waals surface area contributed by atoms with Gasteiger partial charge in [0, 0.05) is 24.3 Å². The lowest BCUT2D eigenvalue weighted by Gasteiger charge is -2.19. The Hall–Kier alpha value is -1.66. The average molecular weight is 350 g/mol. The molecule has 0 fully saturated rings. The van der Waals surface area contributed by atoms with Crippen LogP contribution in [0.3, 0.4) is 0 Å². The molecule has 0 saturated carbocycles. The minimum Gasteiger partial charge on any atom is -0.272 e. The molecule has 1 N–H and O–H groups in total. The first-order valence-electron chi connectivity index (χ1n) is 8.22. The number of hydrogen-bond donors (Lipinski definition) is 1. The SMILES string of the molecule is CCn1cc(C(C)NS(=O)(=O)c2c(C)c(C)cc(C)c2C)c(C)n1. The normalized spacial score (nSPS) is 13.3. The fourth-order valence-electron chi connectivity index (χ4n) is 3.06. The maximum absolute atomic E-state index is 13.0. The van der Waals surface area contributed by atoms with Gasteiger partial charge in [0.25, 0.3) is 0 Å². The van der Waals surface area contributed by atoms with E-state index in [1.807, 2.05) is 65.4 Å². The molecule has 5 nitrogen and oxygen atoms in total. The van der Waals surface area contributed by atoms with Crippen molar-refractivity contribution in [3.63, 3.8) is 0 Å². The Morgan fingerprint density at radius 1 is 1.12 bits per heavy atom. The second-order valence-electron chi connectivity index (χ2n) is 6.46. The topological polar surface area (TPSA) is 64.0 Å². The van der Waals surface area contributed by atoms with Gasteiger partial charge in [0.15, 0.2) is 0 Å². The number of benzene rings is 1. The molecule has 132 valence electrons. The van der Waals surface area contributed by atoms with Crippen LogP contribution in [-0.2, 0) is 16.6 Å². The summed E-state index contributed by atoms with van der Waals surface area (Å²) >= 11 is 0. The molecule has 1 heterocycles. The van der Waals surface area contributed by atoms with Gasteiger partial charge < -0.3 is 0 Å². The zero-order valence-corrected chi connectivity index (χ0v) is 16.4. The maximum Gasteiger partial charge on any atom is 0.241 e. The minimum absolute atomic E-state index is 0.338. The van der Waals surface area contributed by atoms with E-state index in [0.717, 1.165) is 40.1 Å². The molecule has 0 aliphatic carbocycles. The van der Waals surface area contributed by atoms with Gasteiger partial charge in [0.1, 0.15) is 0 Å². The quantitative estimate of drug-likeness (QED) is 0.899. The Labute approximate surface area is 145 Å². The van der Waals surface area contributed by atoms with Crippen molar-refractivity contribution in [3.8, 4) is 0 Å². The van der Waals surface area contributed by atoms with Crippen molar-refractivity contribution in [1.82, 2.24) is 14.5 Å². The Bertz CT molecular complexity index is 841. The van der Waals surface area contributed by atoms with Crippen LogP contribution in [-0.4, -0.2) is 18.2 Å². The molecule has 0 aliphatic heterocycles. The molecule has 1 atom stereocenters. The number of aromatic nitrogens is 2. The van der Waals surface area contributed by atoms with E-state index < -0.39 is 10.0 Å². The Balaban J connectivity index is 2.44. The lowest BCUT2D eigenvalue weighted by atomic mass is 10.0. The van der Waals surface area contributed by atoms with Crippen LogP contribution in [0.2, 0.25) is 0 Å². The van der Waals surface area contributed by atoms with E-state index in [1.165, 1.54) is 0 Å². The summed E-state index contributed by atoms with van der Waals surface area (Å²) in [5.41, 5.74) is 5.33. The molecule has 2 aromatic rings. The van der Waals surface area contributed by atoms with Gasteiger partial charge in [0.05, 0.1) is 10.6 Å². The Kier molecular flexibility index (Phi) is 5.20. The fraction of sp³-hybridized carbons (Fsp3) is 0.500. The van der Waals surface area contributed by atoms with Crippen molar-refractivity contribution in [3.05, 3.63) is 45.8 Å². The van der Waals surface area contributed by atoms with Crippen LogP contribution in [0.4, 0.5) is 0 Å². The summed E-state index contributed by atoms with van der Waals surface area (Å²) in [5, 5.41) is 4.40. The molecule has 0 saturated heterocycles. The highest BCUT2D eigenvalue weighted by Gasteiger charge is 2.25. The van der Waals surface area contributed by atoms with Crippen LogP contribution >= 0.6 is 0 Å². The molecule has 1 aromatic carbocycles. The molecule has 1 unspecified atom stereocenters. The molecular weight excluding hydrogens is 322 g/mol. The van der Waals surface area contributed by atoms with Gasteiger partial charge in [-0.05, 0) is 70.7 Å². The predicted octanol–water partition coefficient (Wildman–Crippen LogP) is 3.48. The van der Waals surface area contributed by atoms with Crippen molar-refractivity contribution >= 4 is 10.0 Å². The summed E-state index contributed by atoms with van der Waals surface area (Å²) in [4.78, 5) is 0.396. The first-order chi connectivity index (χ1) is 11.1. The van der Waals surface area contributed by atoms with Gasteiger partial charge in [-0.2, -0.15) is 5.10 Å². The summed E-state index contributed by atoms with van der Waals surface area (Å²) in [6, 6.07) is 1.69. The number of aryl methyl sites for hydroxylation is 4.